The molecule has 1 aliphatic carbocycles. The summed E-state index contributed by atoms with van der Waals surface area (Å²) in [6.07, 6.45) is 7.66. The fourth-order valence-electron chi connectivity index (χ4n) is 2.71. The Kier molecular flexibility index (Phi) is 7.19. The second kappa shape index (κ2) is 8.12. The average molecular weight is 277 g/mol. The second-order valence-corrected chi connectivity index (χ2v) is 7.69. The van der Waals surface area contributed by atoms with Gasteiger partial charge in [0.2, 0.25) is 0 Å². The summed E-state index contributed by atoms with van der Waals surface area (Å²) in [6.45, 7) is 2.65. The summed E-state index contributed by atoms with van der Waals surface area (Å²) in [5.74, 6) is 0.600. The molecule has 1 saturated carbocycles. The SMILES string of the molecule is COCCNCCCC1CCCC(S(C)(=O)=O)C1. The highest BCUT2D eigenvalue weighted by Crippen LogP contribution is 2.31. The zero-order valence-corrected chi connectivity index (χ0v) is 12.5. The normalized spacial score (nSPS) is 25.2. The van der Waals surface area contributed by atoms with E-state index in [4.69, 9.17) is 4.74 Å². The van der Waals surface area contributed by atoms with E-state index in [9.17, 15) is 8.42 Å². The van der Waals surface area contributed by atoms with Gasteiger partial charge in [0.15, 0.2) is 0 Å². The molecule has 1 rings (SSSR count). The van der Waals surface area contributed by atoms with Crippen LogP contribution in [0.15, 0.2) is 0 Å². The lowest BCUT2D eigenvalue weighted by atomic mass is 9.86. The number of nitrogens with one attached hydrogen (secondary N) is 1. The van der Waals surface area contributed by atoms with Gasteiger partial charge in [-0.05, 0) is 38.1 Å². The molecular weight excluding hydrogens is 250 g/mol. The van der Waals surface area contributed by atoms with Gasteiger partial charge >= 0.3 is 0 Å². The van der Waals surface area contributed by atoms with Gasteiger partial charge in [0.25, 0.3) is 0 Å². The van der Waals surface area contributed by atoms with E-state index in [1.807, 2.05) is 0 Å². The van der Waals surface area contributed by atoms with Crippen molar-refractivity contribution >= 4 is 9.84 Å². The predicted octanol–water partition coefficient (Wildman–Crippen LogP) is 1.61. The highest BCUT2D eigenvalue weighted by atomic mass is 32.2. The maximum absolute atomic E-state index is 11.6. The first kappa shape index (κ1) is 15.9. The lowest BCUT2D eigenvalue weighted by molar-refractivity contribution is 0.199. The maximum Gasteiger partial charge on any atom is 0.150 e. The van der Waals surface area contributed by atoms with E-state index in [2.05, 4.69) is 5.32 Å². The first-order valence-electron chi connectivity index (χ1n) is 6.92. The molecule has 0 saturated heterocycles. The van der Waals surface area contributed by atoms with Crippen LogP contribution in [0, 0.1) is 5.92 Å². The number of hydrogen-bond acceptors (Lipinski definition) is 4. The topological polar surface area (TPSA) is 55.4 Å². The number of hydrogen-bond donors (Lipinski definition) is 1. The molecule has 0 aliphatic heterocycles. The minimum atomic E-state index is -2.83. The Hall–Kier alpha value is -0.130. The highest BCUT2D eigenvalue weighted by molar-refractivity contribution is 7.91. The van der Waals surface area contributed by atoms with Crippen LogP contribution in [0.5, 0.6) is 0 Å². The molecule has 0 bridgehead atoms. The molecule has 1 fully saturated rings. The fraction of sp³-hybridized carbons (Fsp3) is 1.00. The van der Waals surface area contributed by atoms with Crippen LogP contribution in [0.1, 0.15) is 38.5 Å². The Labute approximate surface area is 111 Å². The zero-order valence-electron chi connectivity index (χ0n) is 11.7. The van der Waals surface area contributed by atoms with Crippen LogP contribution >= 0.6 is 0 Å². The average Bonchev–Trinajstić information content (AvgIpc) is 2.33. The summed E-state index contributed by atoms with van der Waals surface area (Å²) in [5, 5.41) is 3.24. The van der Waals surface area contributed by atoms with Crippen molar-refractivity contribution in [2.45, 2.75) is 43.8 Å². The van der Waals surface area contributed by atoms with E-state index in [0.717, 1.165) is 51.8 Å². The van der Waals surface area contributed by atoms with Gasteiger partial charge in [-0.1, -0.05) is 12.8 Å². The molecule has 1 aliphatic rings. The lowest BCUT2D eigenvalue weighted by Gasteiger charge is -2.28. The molecule has 18 heavy (non-hydrogen) atoms. The molecule has 0 aromatic heterocycles. The third kappa shape index (κ3) is 6.16. The molecule has 0 radical (unpaired) electrons. The van der Waals surface area contributed by atoms with E-state index in [1.165, 1.54) is 12.7 Å². The third-order valence-corrected chi connectivity index (χ3v) is 5.43. The van der Waals surface area contributed by atoms with Crippen molar-refractivity contribution in [2.75, 3.05) is 33.1 Å². The minimum absolute atomic E-state index is 0.0855. The molecular formula is C13H27NO3S. The molecule has 0 heterocycles. The lowest BCUT2D eigenvalue weighted by Crippen LogP contribution is -2.28. The number of sulfone groups is 1. The number of ether oxygens (including phenoxy) is 1. The van der Waals surface area contributed by atoms with E-state index in [1.54, 1.807) is 7.11 Å². The van der Waals surface area contributed by atoms with Crippen molar-refractivity contribution in [1.29, 1.82) is 0 Å². The van der Waals surface area contributed by atoms with Crippen LogP contribution in [-0.2, 0) is 14.6 Å². The van der Waals surface area contributed by atoms with Crippen LogP contribution in [0.4, 0.5) is 0 Å². The maximum atomic E-state index is 11.6. The Morgan fingerprint density at radius 2 is 2.06 bits per heavy atom. The van der Waals surface area contributed by atoms with Gasteiger partial charge in [0.1, 0.15) is 9.84 Å². The van der Waals surface area contributed by atoms with Crippen molar-refractivity contribution in [3.8, 4) is 0 Å². The molecule has 0 aromatic rings. The highest BCUT2D eigenvalue weighted by Gasteiger charge is 2.28. The monoisotopic (exact) mass is 277 g/mol. The van der Waals surface area contributed by atoms with Crippen molar-refractivity contribution in [2.24, 2.45) is 5.92 Å². The van der Waals surface area contributed by atoms with Gasteiger partial charge < -0.3 is 10.1 Å². The number of rotatable bonds is 8. The number of methoxy groups -OCH3 is 1. The van der Waals surface area contributed by atoms with Crippen LogP contribution in [-0.4, -0.2) is 46.7 Å². The van der Waals surface area contributed by atoms with Crippen molar-refractivity contribution in [1.82, 2.24) is 5.32 Å². The summed E-state index contributed by atoms with van der Waals surface area (Å²) >= 11 is 0. The summed E-state index contributed by atoms with van der Waals surface area (Å²) in [5.41, 5.74) is 0. The Balaban J connectivity index is 2.15. The van der Waals surface area contributed by atoms with E-state index in [0.29, 0.717) is 5.92 Å². The molecule has 0 amide bonds. The minimum Gasteiger partial charge on any atom is -0.383 e. The van der Waals surface area contributed by atoms with Gasteiger partial charge in [0.05, 0.1) is 11.9 Å². The van der Waals surface area contributed by atoms with Gasteiger partial charge in [-0.2, -0.15) is 0 Å². The van der Waals surface area contributed by atoms with Crippen molar-refractivity contribution < 1.29 is 13.2 Å². The van der Waals surface area contributed by atoms with Crippen molar-refractivity contribution in [3.05, 3.63) is 0 Å². The van der Waals surface area contributed by atoms with Gasteiger partial charge in [0, 0.05) is 19.9 Å². The molecule has 2 atom stereocenters. The van der Waals surface area contributed by atoms with Crippen LogP contribution in [0.2, 0.25) is 0 Å². The summed E-state index contributed by atoms with van der Waals surface area (Å²) in [6, 6.07) is 0. The van der Waals surface area contributed by atoms with Gasteiger partial charge in [-0.15, -0.1) is 0 Å². The molecule has 2 unspecified atom stereocenters. The molecule has 5 heteroatoms. The van der Waals surface area contributed by atoms with Gasteiger partial charge in [-0.25, -0.2) is 8.42 Å². The third-order valence-electron chi connectivity index (χ3n) is 3.79. The van der Waals surface area contributed by atoms with Crippen LogP contribution in [0.3, 0.4) is 0 Å². The van der Waals surface area contributed by atoms with E-state index in [-0.39, 0.29) is 5.25 Å². The molecule has 0 spiro atoms. The summed E-state index contributed by atoms with van der Waals surface area (Å²) in [7, 11) is -1.13. The molecule has 4 nitrogen and oxygen atoms in total. The van der Waals surface area contributed by atoms with Crippen molar-refractivity contribution in [3.63, 3.8) is 0 Å². The van der Waals surface area contributed by atoms with Gasteiger partial charge in [-0.3, -0.25) is 0 Å². The van der Waals surface area contributed by atoms with Crippen LogP contribution in [0.25, 0.3) is 0 Å². The Morgan fingerprint density at radius 3 is 2.72 bits per heavy atom. The van der Waals surface area contributed by atoms with E-state index < -0.39 is 9.84 Å². The first-order chi connectivity index (χ1) is 8.54. The Morgan fingerprint density at radius 1 is 1.28 bits per heavy atom. The standard InChI is InChI=1S/C13H27NO3S/c1-17-10-9-14-8-4-6-12-5-3-7-13(11-12)18(2,15)16/h12-14H,3-11H2,1-2H3. The largest absolute Gasteiger partial charge is 0.383 e. The Bertz CT molecular complexity index is 316. The molecule has 0 aromatic carbocycles. The zero-order chi connectivity index (χ0) is 13.4. The molecule has 108 valence electrons. The quantitative estimate of drug-likeness (QED) is 0.685. The predicted molar refractivity (Wildman–Crippen MR) is 74.6 cm³/mol. The van der Waals surface area contributed by atoms with Crippen LogP contribution < -0.4 is 5.32 Å². The van der Waals surface area contributed by atoms with E-state index >= 15 is 0 Å². The second-order valence-electron chi connectivity index (χ2n) is 5.37. The first-order valence-corrected chi connectivity index (χ1v) is 8.88. The summed E-state index contributed by atoms with van der Waals surface area (Å²) < 4.78 is 28.1. The molecule has 1 N–H and O–H groups in total. The summed E-state index contributed by atoms with van der Waals surface area (Å²) in [4.78, 5) is 0. The smallest absolute Gasteiger partial charge is 0.150 e. The fourth-order valence-corrected chi connectivity index (χ4v) is 3.92.